The van der Waals surface area contributed by atoms with Crippen LogP contribution in [0.1, 0.15) is 13.8 Å². The molecule has 0 aromatic heterocycles. The zero-order chi connectivity index (χ0) is 7.98. The summed E-state index contributed by atoms with van der Waals surface area (Å²) in [6, 6.07) is 0. The minimum absolute atomic E-state index is 0.294. The monoisotopic (exact) mass is 168 g/mol. The number of hydrogen-bond acceptors (Lipinski definition) is 3. The molecule has 3 nitrogen and oxygen atoms in total. The van der Waals surface area contributed by atoms with Crippen LogP contribution in [0.15, 0.2) is 0 Å². The highest BCUT2D eigenvalue weighted by Gasteiger charge is 1.96. The normalized spacial score (nSPS) is 16.8. The molecule has 0 amide bonds. The lowest BCUT2D eigenvalue weighted by Gasteiger charge is -2.07. The van der Waals surface area contributed by atoms with Crippen LogP contribution in [0.5, 0.6) is 0 Å². The van der Waals surface area contributed by atoms with E-state index in [-0.39, 0.29) is 5.56 Å². The van der Waals surface area contributed by atoms with E-state index in [1.165, 1.54) is 0 Å². The average Bonchev–Trinajstić information content (AvgIpc) is 1.79. The molecule has 0 aromatic carbocycles. The van der Waals surface area contributed by atoms with E-state index < -0.39 is 6.29 Å². The lowest BCUT2D eigenvalue weighted by Crippen LogP contribution is -2.13. The number of rotatable bonds is 5. The molecule has 0 aliphatic heterocycles. The molecule has 0 rings (SSSR count). The van der Waals surface area contributed by atoms with Crippen molar-refractivity contribution in [3.05, 3.63) is 0 Å². The third-order valence-corrected chi connectivity index (χ3v) is 0.916. The maximum Gasteiger partial charge on any atom is 0.151 e. The topological polar surface area (TPSA) is 38.7 Å². The van der Waals surface area contributed by atoms with E-state index >= 15 is 0 Å². The highest BCUT2D eigenvalue weighted by Crippen LogP contribution is 1.95. The van der Waals surface area contributed by atoms with Crippen LogP contribution in [0.25, 0.3) is 0 Å². The predicted octanol–water partition coefficient (Wildman–Crippen LogP) is 0.943. The van der Waals surface area contributed by atoms with Gasteiger partial charge in [0, 0.05) is 0 Å². The van der Waals surface area contributed by atoms with Gasteiger partial charge in [-0.05, 0) is 13.8 Å². The van der Waals surface area contributed by atoms with Crippen molar-refractivity contribution in [2.45, 2.75) is 25.7 Å². The molecule has 62 valence electrons. The van der Waals surface area contributed by atoms with Crippen LogP contribution in [0.2, 0.25) is 0 Å². The first-order valence-corrected chi connectivity index (χ1v) is 3.62. The van der Waals surface area contributed by atoms with Crippen LogP contribution in [0.3, 0.4) is 0 Å². The fourth-order valence-corrected chi connectivity index (χ4v) is 0.518. The molecule has 0 bridgehead atoms. The second kappa shape index (κ2) is 5.92. The molecule has 0 spiro atoms. The Morgan fingerprint density at radius 2 is 1.80 bits per heavy atom. The Morgan fingerprint density at radius 3 is 2.20 bits per heavy atom. The third-order valence-electron chi connectivity index (χ3n) is 0.790. The molecule has 4 heteroatoms. The molecule has 0 fully saturated rings. The minimum atomic E-state index is -0.728. The van der Waals surface area contributed by atoms with Crippen LogP contribution in [0.4, 0.5) is 0 Å². The Labute approximate surface area is 65.9 Å². The van der Waals surface area contributed by atoms with Gasteiger partial charge in [0.1, 0.15) is 5.56 Å². The van der Waals surface area contributed by atoms with Crippen LogP contribution in [-0.2, 0) is 9.47 Å². The quantitative estimate of drug-likeness (QED) is 0.377. The van der Waals surface area contributed by atoms with Gasteiger partial charge in [-0.25, -0.2) is 0 Å². The molecule has 2 unspecified atom stereocenters. The molecule has 1 N–H and O–H groups in total. The predicted molar refractivity (Wildman–Crippen MR) is 38.9 cm³/mol. The Kier molecular flexibility index (Phi) is 6.02. The number of aliphatic hydroxyl groups excluding tert-OH is 1. The summed E-state index contributed by atoms with van der Waals surface area (Å²) >= 11 is 5.45. The summed E-state index contributed by atoms with van der Waals surface area (Å²) in [6.07, 6.45) is -0.728. The van der Waals surface area contributed by atoms with E-state index in [4.69, 9.17) is 26.2 Å². The number of aliphatic hydroxyl groups is 1. The van der Waals surface area contributed by atoms with Gasteiger partial charge in [0.25, 0.3) is 0 Å². The number of halogens is 1. The maximum atomic E-state index is 8.61. The Bertz CT molecular complexity index is 65.4. The van der Waals surface area contributed by atoms with E-state index in [0.29, 0.717) is 13.2 Å². The molecule has 0 aliphatic rings. The van der Waals surface area contributed by atoms with Crippen LogP contribution in [-0.4, -0.2) is 30.2 Å². The maximum absolute atomic E-state index is 8.61. The molecule has 0 heterocycles. The van der Waals surface area contributed by atoms with Crippen LogP contribution < -0.4 is 0 Å². The van der Waals surface area contributed by atoms with Crippen molar-refractivity contribution in [2.24, 2.45) is 0 Å². The van der Waals surface area contributed by atoms with Crippen LogP contribution in [0, 0.1) is 0 Å². The lowest BCUT2D eigenvalue weighted by molar-refractivity contribution is -0.101. The van der Waals surface area contributed by atoms with Crippen molar-refractivity contribution >= 4 is 11.6 Å². The summed E-state index contributed by atoms with van der Waals surface area (Å²) in [5.74, 6) is 0. The Balaban J connectivity index is 2.91. The van der Waals surface area contributed by atoms with Gasteiger partial charge in [-0.15, -0.1) is 0 Å². The van der Waals surface area contributed by atoms with Gasteiger partial charge in [0.05, 0.1) is 13.2 Å². The van der Waals surface area contributed by atoms with Gasteiger partial charge in [-0.3, -0.25) is 0 Å². The zero-order valence-electron chi connectivity index (χ0n) is 6.21. The first-order valence-electron chi connectivity index (χ1n) is 3.18. The average molecular weight is 169 g/mol. The van der Waals surface area contributed by atoms with E-state index in [1.807, 2.05) is 0 Å². The molecule has 2 atom stereocenters. The lowest BCUT2D eigenvalue weighted by atomic mass is 10.7. The first kappa shape index (κ1) is 10.2. The molecular weight excluding hydrogens is 156 g/mol. The number of ether oxygens (including phenoxy) is 2. The van der Waals surface area contributed by atoms with Crippen molar-refractivity contribution in [1.29, 1.82) is 0 Å². The number of alkyl halides is 1. The van der Waals surface area contributed by atoms with Gasteiger partial charge < -0.3 is 14.6 Å². The third kappa shape index (κ3) is 8.17. The van der Waals surface area contributed by atoms with E-state index in [9.17, 15) is 0 Å². The van der Waals surface area contributed by atoms with E-state index in [0.717, 1.165) is 0 Å². The molecule has 0 aliphatic carbocycles. The van der Waals surface area contributed by atoms with E-state index in [1.54, 1.807) is 13.8 Å². The smallest absolute Gasteiger partial charge is 0.151 e. The summed E-state index contributed by atoms with van der Waals surface area (Å²) in [7, 11) is 0. The SMILES string of the molecule is CC(O)OCCOC(C)Cl. The summed E-state index contributed by atoms with van der Waals surface area (Å²) in [5, 5.41) is 8.61. The van der Waals surface area contributed by atoms with Crippen LogP contribution >= 0.6 is 11.6 Å². The summed E-state index contributed by atoms with van der Waals surface area (Å²) in [5.41, 5.74) is -0.294. The Hall–Kier alpha value is 0.170. The molecular formula is C6H13ClO3. The second-order valence-corrected chi connectivity index (χ2v) is 2.50. The largest absolute Gasteiger partial charge is 0.368 e. The minimum Gasteiger partial charge on any atom is -0.368 e. The first-order chi connectivity index (χ1) is 4.63. The molecule has 0 radical (unpaired) electrons. The standard InChI is InChI=1S/C6H13ClO3/c1-5(7)9-3-4-10-6(2)8/h5-6,8H,3-4H2,1-2H3. The summed E-state index contributed by atoms with van der Waals surface area (Å²) in [6.45, 7) is 4.05. The van der Waals surface area contributed by atoms with Gasteiger partial charge in [-0.2, -0.15) is 0 Å². The van der Waals surface area contributed by atoms with Crippen molar-refractivity contribution in [3.63, 3.8) is 0 Å². The second-order valence-electron chi connectivity index (χ2n) is 1.88. The highest BCUT2D eigenvalue weighted by atomic mass is 35.5. The Morgan fingerprint density at radius 1 is 1.30 bits per heavy atom. The zero-order valence-corrected chi connectivity index (χ0v) is 6.97. The van der Waals surface area contributed by atoms with Crippen molar-refractivity contribution in [1.82, 2.24) is 0 Å². The van der Waals surface area contributed by atoms with E-state index in [2.05, 4.69) is 0 Å². The van der Waals surface area contributed by atoms with Gasteiger partial charge in [-0.1, -0.05) is 11.6 Å². The van der Waals surface area contributed by atoms with Crippen molar-refractivity contribution < 1.29 is 14.6 Å². The summed E-state index contributed by atoms with van der Waals surface area (Å²) < 4.78 is 9.69. The summed E-state index contributed by atoms with van der Waals surface area (Å²) in [4.78, 5) is 0. The molecule has 0 aromatic rings. The van der Waals surface area contributed by atoms with Crippen molar-refractivity contribution in [2.75, 3.05) is 13.2 Å². The number of hydrogen-bond donors (Lipinski definition) is 1. The van der Waals surface area contributed by atoms with Gasteiger partial charge in [0.15, 0.2) is 6.29 Å². The molecule has 10 heavy (non-hydrogen) atoms. The van der Waals surface area contributed by atoms with Gasteiger partial charge in [0.2, 0.25) is 0 Å². The molecule has 0 saturated carbocycles. The van der Waals surface area contributed by atoms with Crippen molar-refractivity contribution in [3.8, 4) is 0 Å². The fourth-order valence-electron chi connectivity index (χ4n) is 0.429. The fraction of sp³-hybridized carbons (Fsp3) is 1.00. The highest BCUT2D eigenvalue weighted by molar-refractivity contribution is 6.19. The molecule has 0 saturated heterocycles. The van der Waals surface area contributed by atoms with Gasteiger partial charge >= 0.3 is 0 Å².